The fourth-order valence-electron chi connectivity index (χ4n) is 3.29. The van der Waals surface area contributed by atoms with E-state index in [1.165, 1.54) is 12.1 Å². The number of benzene rings is 1. The van der Waals surface area contributed by atoms with Crippen LogP contribution in [0.3, 0.4) is 0 Å². The Balaban J connectivity index is 1.55. The highest BCUT2D eigenvalue weighted by Crippen LogP contribution is 2.26. The Hall–Kier alpha value is -3.38. The minimum absolute atomic E-state index is 0.175. The lowest BCUT2D eigenvalue weighted by molar-refractivity contribution is 0.468. The van der Waals surface area contributed by atoms with Gasteiger partial charge in [0.1, 0.15) is 23.3 Å². The molecule has 3 heterocycles. The molecule has 168 valence electrons. The number of halogens is 1. The van der Waals surface area contributed by atoms with Crippen molar-refractivity contribution >= 4 is 33.4 Å². The maximum atomic E-state index is 13.2. The third kappa shape index (κ3) is 5.65. The Kier molecular flexibility index (Phi) is 6.15. The van der Waals surface area contributed by atoms with Crippen molar-refractivity contribution in [1.82, 2.24) is 24.7 Å². The molecule has 0 amide bonds. The molecule has 12 heteroatoms. The first kappa shape index (κ1) is 21.8. The van der Waals surface area contributed by atoms with E-state index in [0.717, 1.165) is 11.8 Å². The van der Waals surface area contributed by atoms with E-state index < -0.39 is 10.0 Å². The molecule has 1 saturated heterocycles. The Bertz CT molecular complexity index is 1170. The highest BCUT2D eigenvalue weighted by Gasteiger charge is 2.30. The van der Waals surface area contributed by atoms with Gasteiger partial charge in [-0.05, 0) is 24.6 Å². The number of nitrogens with zero attached hydrogens (tertiary/aromatic N) is 5. The second kappa shape index (κ2) is 9.01. The van der Waals surface area contributed by atoms with Crippen molar-refractivity contribution in [3.63, 3.8) is 0 Å². The summed E-state index contributed by atoms with van der Waals surface area (Å²) in [5, 5.41) is 6.34. The Morgan fingerprint density at radius 3 is 2.53 bits per heavy atom. The average molecular weight is 459 g/mol. The topological polar surface area (TPSA) is 125 Å². The molecule has 0 unspecified atom stereocenters. The fraction of sp³-hybridized carbons (Fsp3) is 0.300. The maximum absolute atomic E-state index is 13.2. The van der Waals surface area contributed by atoms with Crippen molar-refractivity contribution in [3.05, 3.63) is 60.3 Å². The van der Waals surface area contributed by atoms with Gasteiger partial charge in [-0.2, -0.15) is 9.97 Å². The van der Waals surface area contributed by atoms with Gasteiger partial charge in [0.2, 0.25) is 16.0 Å². The van der Waals surface area contributed by atoms with Gasteiger partial charge >= 0.3 is 0 Å². The van der Waals surface area contributed by atoms with Crippen LogP contribution in [0.25, 0.3) is 0 Å². The zero-order valence-electron chi connectivity index (χ0n) is 17.5. The van der Waals surface area contributed by atoms with Gasteiger partial charge in [0.25, 0.3) is 0 Å². The third-order valence-corrected chi connectivity index (χ3v) is 5.60. The van der Waals surface area contributed by atoms with Crippen molar-refractivity contribution in [2.75, 3.05) is 34.9 Å². The Labute approximate surface area is 185 Å². The average Bonchev–Trinajstić information content (AvgIpc) is 2.70. The summed E-state index contributed by atoms with van der Waals surface area (Å²) in [5.41, 5.74) is 0.880. The molecule has 3 N–H and O–H groups in total. The molecule has 0 saturated carbocycles. The smallest absolute Gasteiger partial charge is 0.227 e. The monoisotopic (exact) mass is 458 g/mol. The second-order valence-electron chi connectivity index (χ2n) is 7.56. The summed E-state index contributed by atoms with van der Waals surface area (Å²) in [5.74, 6) is 1.72. The van der Waals surface area contributed by atoms with Crippen molar-refractivity contribution in [1.29, 1.82) is 0 Å². The Morgan fingerprint density at radius 1 is 1.12 bits per heavy atom. The highest BCUT2D eigenvalue weighted by molar-refractivity contribution is 7.88. The van der Waals surface area contributed by atoms with E-state index in [1.54, 1.807) is 36.8 Å². The summed E-state index contributed by atoms with van der Waals surface area (Å²) in [6.45, 7) is 2.90. The van der Waals surface area contributed by atoms with Crippen LogP contribution in [0.15, 0.2) is 48.9 Å². The predicted octanol–water partition coefficient (Wildman–Crippen LogP) is 2.06. The third-order valence-electron chi connectivity index (χ3n) is 4.83. The van der Waals surface area contributed by atoms with Crippen LogP contribution in [0.2, 0.25) is 0 Å². The van der Waals surface area contributed by atoms with Crippen LogP contribution < -0.4 is 20.3 Å². The molecule has 32 heavy (non-hydrogen) atoms. The molecule has 3 aromatic rings. The molecule has 4 rings (SSSR count). The van der Waals surface area contributed by atoms with Gasteiger partial charge in [0.05, 0.1) is 24.5 Å². The summed E-state index contributed by atoms with van der Waals surface area (Å²) in [7, 11) is -3.27. The molecule has 1 atom stereocenters. The highest BCUT2D eigenvalue weighted by atomic mass is 32.2. The van der Waals surface area contributed by atoms with Crippen LogP contribution in [-0.2, 0) is 10.0 Å². The summed E-state index contributed by atoms with van der Waals surface area (Å²) in [4.78, 5) is 19.3. The van der Waals surface area contributed by atoms with E-state index in [9.17, 15) is 12.8 Å². The minimum atomic E-state index is -3.27. The van der Waals surface area contributed by atoms with Crippen LogP contribution in [-0.4, -0.2) is 53.7 Å². The van der Waals surface area contributed by atoms with Crippen LogP contribution in [0.1, 0.15) is 18.5 Å². The van der Waals surface area contributed by atoms with Gasteiger partial charge in [0.15, 0.2) is 0 Å². The van der Waals surface area contributed by atoms with E-state index in [-0.39, 0.29) is 17.9 Å². The molecule has 0 radical (unpaired) electrons. The zero-order valence-corrected chi connectivity index (χ0v) is 18.3. The number of hydrogen-bond acceptors (Lipinski definition) is 9. The Morgan fingerprint density at radius 2 is 1.88 bits per heavy atom. The van der Waals surface area contributed by atoms with E-state index in [0.29, 0.717) is 36.5 Å². The number of nitrogens with one attached hydrogen (secondary N) is 3. The molecule has 1 fully saturated rings. The summed E-state index contributed by atoms with van der Waals surface area (Å²) < 4.78 is 38.7. The molecule has 0 aliphatic carbocycles. The largest absolute Gasteiger partial charge is 0.353 e. The molecule has 2 aromatic heterocycles. The molecular weight excluding hydrogens is 435 g/mol. The van der Waals surface area contributed by atoms with Gasteiger partial charge in [-0.15, -0.1) is 0 Å². The SMILES string of the molecule is C[C@H](Nc1nc(Nc2cnccn2)cc(N2CC(NS(C)(=O)=O)C2)n1)c1ccc(F)cc1. The molecule has 1 aliphatic heterocycles. The molecule has 1 aliphatic rings. The summed E-state index contributed by atoms with van der Waals surface area (Å²) in [6.07, 6.45) is 5.86. The van der Waals surface area contributed by atoms with Crippen LogP contribution >= 0.6 is 0 Å². The van der Waals surface area contributed by atoms with Gasteiger partial charge < -0.3 is 15.5 Å². The van der Waals surface area contributed by atoms with Crippen LogP contribution in [0.5, 0.6) is 0 Å². The maximum Gasteiger partial charge on any atom is 0.227 e. The predicted molar refractivity (Wildman–Crippen MR) is 120 cm³/mol. The first-order valence-corrected chi connectivity index (χ1v) is 11.8. The van der Waals surface area contributed by atoms with Crippen molar-refractivity contribution in [2.45, 2.75) is 19.0 Å². The standard InChI is InChI=1S/C20H23FN8O2S/c1-13(14-3-5-15(21)6-4-14)24-20-26-17(25-18-10-22-7-8-23-18)9-19(27-20)29-11-16(12-29)28-32(2,30)31/h3-10,13,16,28H,11-12H2,1-2H3,(H2,23,24,25,26,27)/t13-/m0/s1. The molecule has 10 nitrogen and oxygen atoms in total. The number of anilines is 4. The van der Waals surface area contributed by atoms with Crippen molar-refractivity contribution < 1.29 is 12.8 Å². The van der Waals surface area contributed by atoms with E-state index in [2.05, 4.69) is 35.3 Å². The number of sulfonamides is 1. The second-order valence-corrected chi connectivity index (χ2v) is 9.34. The quantitative estimate of drug-likeness (QED) is 0.465. The zero-order chi connectivity index (χ0) is 22.7. The lowest BCUT2D eigenvalue weighted by Gasteiger charge is -2.40. The van der Waals surface area contributed by atoms with Gasteiger partial charge in [-0.1, -0.05) is 12.1 Å². The lowest BCUT2D eigenvalue weighted by Crippen LogP contribution is -2.59. The number of hydrogen-bond donors (Lipinski definition) is 3. The number of rotatable bonds is 8. The fourth-order valence-corrected chi connectivity index (χ4v) is 4.05. The van der Waals surface area contributed by atoms with E-state index >= 15 is 0 Å². The lowest BCUT2D eigenvalue weighted by atomic mass is 10.1. The minimum Gasteiger partial charge on any atom is -0.353 e. The first-order valence-electron chi connectivity index (χ1n) is 9.91. The molecular formula is C20H23FN8O2S. The van der Waals surface area contributed by atoms with Gasteiger partial charge in [-0.3, -0.25) is 4.98 Å². The van der Waals surface area contributed by atoms with Crippen molar-refractivity contribution in [3.8, 4) is 0 Å². The van der Waals surface area contributed by atoms with E-state index in [4.69, 9.17) is 0 Å². The molecule has 0 bridgehead atoms. The number of aromatic nitrogens is 4. The summed E-state index contributed by atoms with van der Waals surface area (Å²) >= 11 is 0. The van der Waals surface area contributed by atoms with Gasteiger partial charge in [-0.25, -0.2) is 22.5 Å². The molecule has 1 aromatic carbocycles. The normalized spacial score (nSPS) is 15.2. The van der Waals surface area contributed by atoms with E-state index in [1.807, 2.05) is 11.8 Å². The van der Waals surface area contributed by atoms with Crippen LogP contribution in [0.4, 0.5) is 27.8 Å². The first-order chi connectivity index (χ1) is 15.2. The van der Waals surface area contributed by atoms with Crippen molar-refractivity contribution in [2.24, 2.45) is 0 Å². The van der Waals surface area contributed by atoms with Gasteiger partial charge in [0, 0.05) is 31.5 Å². The molecule has 0 spiro atoms. The van der Waals surface area contributed by atoms with Crippen LogP contribution in [0, 0.1) is 5.82 Å². The summed E-state index contributed by atoms with van der Waals surface area (Å²) in [6, 6.07) is 7.62.